The molecule has 0 radical (unpaired) electrons. The molecule has 1 atom stereocenters. The molecule has 2 rings (SSSR count). The van der Waals surface area contributed by atoms with Crippen LogP contribution in [0.15, 0.2) is 29.8 Å². The van der Waals surface area contributed by atoms with Crippen molar-refractivity contribution in [3.8, 4) is 0 Å². The molecule has 0 spiro atoms. The minimum Gasteiger partial charge on any atom is -0.392 e. The van der Waals surface area contributed by atoms with Crippen molar-refractivity contribution in [2.45, 2.75) is 44.6 Å². The van der Waals surface area contributed by atoms with Gasteiger partial charge in [-0.3, -0.25) is 0 Å². The molecule has 98 valence electrons. The highest BCUT2D eigenvalue weighted by atomic mass is 35.5. The summed E-state index contributed by atoms with van der Waals surface area (Å²) in [6.07, 6.45) is 7.26. The maximum Gasteiger partial charge on any atom is 0.145 e. The van der Waals surface area contributed by atoms with E-state index in [2.05, 4.69) is 6.08 Å². The van der Waals surface area contributed by atoms with E-state index in [0.717, 1.165) is 12.8 Å². The molecule has 0 saturated heterocycles. The number of benzene rings is 1. The van der Waals surface area contributed by atoms with Crippen LogP contribution in [0, 0.1) is 5.82 Å². The van der Waals surface area contributed by atoms with Crippen LogP contribution in [0.25, 0.3) is 0 Å². The fourth-order valence-corrected chi connectivity index (χ4v) is 2.62. The van der Waals surface area contributed by atoms with E-state index in [1.165, 1.54) is 24.5 Å². The van der Waals surface area contributed by atoms with E-state index in [0.29, 0.717) is 18.4 Å². The van der Waals surface area contributed by atoms with E-state index in [1.807, 2.05) is 0 Å². The van der Waals surface area contributed by atoms with Crippen molar-refractivity contribution in [1.29, 1.82) is 0 Å². The van der Waals surface area contributed by atoms with Crippen LogP contribution < -0.4 is 0 Å². The van der Waals surface area contributed by atoms with Crippen molar-refractivity contribution in [2.24, 2.45) is 0 Å². The average molecular weight is 269 g/mol. The number of allylic oxidation sites excluding steroid dienone is 1. The summed E-state index contributed by atoms with van der Waals surface area (Å²) in [5.74, 6) is -0.407. The third-order valence-corrected chi connectivity index (χ3v) is 3.66. The largest absolute Gasteiger partial charge is 0.392 e. The van der Waals surface area contributed by atoms with Gasteiger partial charge in [0.15, 0.2) is 0 Å². The Morgan fingerprint density at radius 1 is 1.28 bits per heavy atom. The summed E-state index contributed by atoms with van der Waals surface area (Å²) in [6, 6.07) is 4.92. The lowest BCUT2D eigenvalue weighted by Gasteiger charge is -2.17. The van der Waals surface area contributed by atoms with Crippen molar-refractivity contribution in [3.63, 3.8) is 0 Å². The molecular weight excluding hydrogens is 251 g/mol. The van der Waals surface area contributed by atoms with E-state index < -0.39 is 11.9 Å². The molecule has 1 unspecified atom stereocenters. The molecule has 3 heteroatoms. The third kappa shape index (κ3) is 3.56. The zero-order valence-electron chi connectivity index (χ0n) is 10.3. The van der Waals surface area contributed by atoms with Crippen molar-refractivity contribution in [3.05, 3.63) is 46.3 Å². The Labute approximate surface area is 112 Å². The number of hydrogen-bond acceptors (Lipinski definition) is 1. The molecule has 0 saturated carbocycles. The van der Waals surface area contributed by atoms with Gasteiger partial charge >= 0.3 is 0 Å². The van der Waals surface area contributed by atoms with Crippen LogP contribution in [0.2, 0.25) is 5.02 Å². The van der Waals surface area contributed by atoms with E-state index >= 15 is 0 Å². The minimum absolute atomic E-state index is 0.122. The van der Waals surface area contributed by atoms with Crippen LogP contribution in [0.4, 0.5) is 4.39 Å². The van der Waals surface area contributed by atoms with Gasteiger partial charge in [-0.15, -0.1) is 0 Å². The normalized spacial score (nSPS) is 17.4. The molecule has 1 nitrogen and oxygen atoms in total. The van der Waals surface area contributed by atoms with Crippen molar-refractivity contribution < 1.29 is 9.50 Å². The molecule has 1 aromatic rings. The molecule has 1 aliphatic carbocycles. The van der Waals surface area contributed by atoms with Crippen molar-refractivity contribution in [2.75, 3.05) is 0 Å². The lowest BCUT2D eigenvalue weighted by molar-refractivity contribution is 0.172. The molecule has 0 fully saturated rings. The maximum absolute atomic E-state index is 13.7. The lowest BCUT2D eigenvalue weighted by atomic mass is 9.93. The molecule has 0 aromatic heterocycles. The monoisotopic (exact) mass is 268 g/mol. The second-order valence-electron chi connectivity index (χ2n) is 4.88. The number of rotatable bonds is 4. The van der Waals surface area contributed by atoms with Gasteiger partial charge in [0.05, 0.1) is 11.1 Å². The fraction of sp³-hybridized carbons (Fsp3) is 0.467. The molecule has 0 heterocycles. The maximum atomic E-state index is 13.7. The van der Waals surface area contributed by atoms with Crippen molar-refractivity contribution >= 4 is 11.6 Å². The first kappa shape index (κ1) is 13.6. The first-order valence-corrected chi connectivity index (χ1v) is 6.83. The highest BCUT2D eigenvalue weighted by Crippen LogP contribution is 2.24. The van der Waals surface area contributed by atoms with Gasteiger partial charge in [0.25, 0.3) is 0 Å². The topological polar surface area (TPSA) is 20.2 Å². The summed E-state index contributed by atoms with van der Waals surface area (Å²) in [7, 11) is 0. The quantitative estimate of drug-likeness (QED) is 0.809. The van der Waals surface area contributed by atoms with Gasteiger partial charge in [0, 0.05) is 6.42 Å². The predicted molar refractivity (Wildman–Crippen MR) is 72.3 cm³/mol. The second-order valence-corrected chi connectivity index (χ2v) is 5.29. The van der Waals surface area contributed by atoms with Crippen LogP contribution in [0.5, 0.6) is 0 Å². The molecule has 18 heavy (non-hydrogen) atoms. The molecule has 1 aromatic carbocycles. The summed E-state index contributed by atoms with van der Waals surface area (Å²) < 4.78 is 13.7. The van der Waals surface area contributed by atoms with Gasteiger partial charge in [0.1, 0.15) is 5.82 Å². The Hall–Kier alpha value is -0.860. The van der Waals surface area contributed by atoms with Gasteiger partial charge in [-0.05, 0) is 43.7 Å². The molecule has 0 aliphatic heterocycles. The third-order valence-electron chi connectivity index (χ3n) is 3.37. The summed E-state index contributed by atoms with van der Waals surface area (Å²) in [4.78, 5) is 0. The van der Waals surface area contributed by atoms with Crippen LogP contribution >= 0.6 is 11.6 Å². The smallest absolute Gasteiger partial charge is 0.145 e. The predicted octanol–water partition coefficient (Wildman–Crippen LogP) is 4.27. The summed E-state index contributed by atoms with van der Waals surface area (Å²) in [6.45, 7) is 0. The first-order valence-electron chi connectivity index (χ1n) is 6.45. The van der Waals surface area contributed by atoms with Gasteiger partial charge in [-0.25, -0.2) is 4.39 Å². The van der Waals surface area contributed by atoms with Crippen LogP contribution in [-0.4, -0.2) is 11.2 Å². The Morgan fingerprint density at radius 2 is 2.11 bits per heavy atom. The highest BCUT2D eigenvalue weighted by Gasteiger charge is 2.14. The Kier molecular flexibility index (Phi) is 4.79. The van der Waals surface area contributed by atoms with Crippen LogP contribution in [-0.2, 0) is 6.42 Å². The average Bonchev–Trinajstić information content (AvgIpc) is 2.36. The molecule has 0 bridgehead atoms. The van der Waals surface area contributed by atoms with Crippen LogP contribution in [0.1, 0.15) is 37.7 Å². The second kappa shape index (κ2) is 6.35. The molecule has 0 amide bonds. The van der Waals surface area contributed by atoms with E-state index in [4.69, 9.17) is 11.6 Å². The Balaban J connectivity index is 1.96. The lowest BCUT2D eigenvalue weighted by Crippen LogP contribution is -2.13. The molecule has 1 aliphatic rings. The summed E-state index contributed by atoms with van der Waals surface area (Å²) >= 11 is 5.72. The van der Waals surface area contributed by atoms with Gasteiger partial charge in [0.2, 0.25) is 0 Å². The Morgan fingerprint density at radius 3 is 2.83 bits per heavy atom. The summed E-state index contributed by atoms with van der Waals surface area (Å²) in [5, 5.41) is 10.1. The van der Waals surface area contributed by atoms with E-state index in [1.54, 1.807) is 12.1 Å². The SMILES string of the molecule is OC(CC1=CCCCC1)Cc1cccc(Cl)c1F. The standard InChI is InChI=1S/C15H18ClFO/c16-14-8-4-7-12(15(14)17)10-13(18)9-11-5-2-1-3-6-11/h4-5,7-8,13,18H,1-3,6,9-10H2. The zero-order chi connectivity index (χ0) is 13.0. The number of aliphatic hydroxyl groups excluding tert-OH is 1. The number of halogens is 2. The fourth-order valence-electron chi connectivity index (χ4n) is 2.42. The highest BCUT2D eigenvalue weighted by molar-refractivity contribution is 6.30. The zero-order valence-corrected chi connectivity index (χ0v) is 11.1. The first-order chi connectivity index (χ1) is 8.66. The number of aliphatic hydroxyl groups is 1. The number of hydrogen-bond donors (Lipinski definition) is 1. The van der Waals surface area contributed by atoms with Gasteiger partial charge in [-0.2, -0.15) is 0 Å². The summed E-state index contributed by atoms with van der Waals surface area (Å²) in [5.41, 5.74) is 1.79. The molecule has 1 N–H and O–H groups in total. The van der Waals surface area contributed by atoms with Crippen LogP contribution in [0.3, 0.4) is 0 Å². The van der Waals surface area contributed by atoms with Gasteiger partial charge in [-0.1, -0.05) is 35.4 Å². The molecular formula is C15H18ClFO. The minimum atomic E-state index is -0.526. The van der Waals surface area contributed by atoms with E-state index in [-0.39, 0.29) is 5.02 Å². The van der Waals surface area contributed by atoms with E-state index in [9.17, 15) is 9.50 Å². The Bertz CT molecular complexity index is 442. The van der Waals surface area contributed by atoms with Crippen molar-refractivity contribution in [1.82, 2.24) is 0 Å². The van der Waals surface area contributed by atoms with Gasteiger partial charge < -0.3 is 5.11 Å².